The maximum absolute atomic E-state index is 12.9. The molecule has 7 N–H and O–H groups in total. The summed E-state index contributed by atoms with van der Waals surface area (Å²) in [5.74, 6) is -1.59. The summed E-state index contributed by atoms with van der Waals surface area (Å²) in [5, 5.41) is 29.3. The molecule has 10 rings (SSSR count). The third-order valence-electron chi connectivity index (χ3n) is 13.0. The number of aromatic hydroxyl groups is 1. The van der Waals surface area contributed by atoms with Gasteiger partial charge in [0.1, 0.15) is 22.8 Å². The van der Waals surface area contributed by atoms with Crippen LogP contribution < -0.4 is 43.6 Å². The molecule has 0 spiro atoms. The van der Waals surface area contributed by atoms with Gasteiger partial charge in [0.15, 0.2) is 15.4 Å². The first-order chi connectivity index (χ1) is 44.7. The number of hydrogen-bond acceptors (Lipinski definition) is 17. The Balaban J connectivity index is 0.000000276. The average molecular weight is 1510 g/mol. The Bertz CT molecular complexity index is 4250. The van der Waals surface area contributed by atoms with Gasteiger partial charge in [0.25, 0.3) is 11.8 Å². The zero-order valence-electron chi connectivity index (χ0n) is 52.0. The monoisotopic (exact) mass is 1510 g/mol. The third-order valence-corrected chi connectivity index (χ3v) is 16.4. The van der Waals surface area contributed by atoms with E-state index in [0.29, 0.717) is 83.9 Å². The molecule has 6 aromatic carbocycles. The molecule has 97 heavy (non-hydrogen) atoms. The molecule has 34 heteroatoms. The minimum Gasteiger partial charge on any atom is -1.00 e. The number of benzene rings is 6. The summed E-state index contributed by atoms with van der Waals surface area (Å²) >= 11 is 21.1. The fourth-order valence-electron chi connectivity index (χ4n) is 8.52. The Kier molecular flexibility index (Phi) is 31.1. The molecule has 17 nitrogen and oxygen atoms in total. The van der Waals surface area contributed by atoms with Gasteiger partial charge in [0, 0.05) is 40.6 Å². The number of phenols is 1. The summed E-state index contributed by atoms with van der Waals surface area (Å²) in [6, 6.07) is 24.8. The second-order valence-electron chi connectivity index (χ2n) is 20.6. The first-order valence-corrected chi connectivity index (χ1v) is 31.4. The molecule has 10 aromatic rings. The van der Waals surface area contributed by atoms with Gasteiger partial charge in [0.05, 0.1) is 72.7 Å². The number of aromatic carboxylic acids is 1. The number of nitrogens with zero attached hydrogens (tertiary/aromatic N) is 6. The Hall–Kier alpha value is -7.55. The summed E-state index contributed by atoms with van der Waals surface area (Å²) in [7, 11) is 12.4. The Morgan fingerprint density at radius 2 is 0.938 bits per heavy atom. The van der Waals surface area contributed by atoms with Crippen molar-refractivity contribution >= 4 is 145 Å². The number of carboxylic acids is 1. The van der Waals surface area contributed by atoms with Crippen molar-refractivity contribution in [2.24, 2.45) is 0 Å². The van der Waals surface area contributed by atoms with Crippen molar-refractivity contribution < 1.29 is 86.0 Å². The molecule has 0 saturated carbocycles. The molecule has 0 aliphatic heterocycles. The van der Waals surface area contributed by atoms with Crippen molar-refractivity contribution in [1.29, 1.82) is 0 Å². The number of anilines is 3. The quantitative estimate of drug-likeness (QED) is 0.0494. The molecule has 0 radical (unpaired) electrons. The van der Waals surface area contributed by atoms with Crippen molar-refractivity contribution in [2.45, 2.75) is 37.8 Å². The molecule has 0 aliphatic carbocycles. The van der Waals surface area contributed by atoms with Crippen LogP contribution in [0.2, 0.25) is 15.1 Å². The maximum Gasteiger partial charge on any atom is 0.416 e. The summed E-state index contributed by atoms with van der Waals surface area (Å²) in [6.45, 7) is 2.11. The van der Waals surface area contributed by atoms with E-state index < -0.39 is 53.0 Å². The van der Waals surface area contributed by atoms with Crippen molar-refractivity contribution in [3.05, 3.63) is 187 Å². The number of likely N-dealkylation sites (N-methyl/N-ethyl adjacent to an activating group) is 3. The largest absolute Gasteiger partial charge is 1.00 e. The van der Waals surface area contributed by atoms with Crippen molar-refractivity contribution in [3.63, 3.8) is 0 Å². The number of rotatable bonds is 16. The van der Waals surface area contributed by atoms with Gasteiger partial charge in [-0.25, -0.2) is 19.7 Å². The Labute approximate surface area is 589 Å². The molecular formula is C63H61Cl5F9N10O7S3-. The number of carbonyl (C=O) groups is 3. The summed E-state index contributed by atoms with van der Waals surface area (Å²) in [6.07, 6.45) is -7.94. The number of nitrogen functional groups attached to an aromatic ring is 1. The molecule has 0 fully saturated rings. The number of amides is 2. The first-order valence-electron chi connectivity index (χ1n) is 27.8. The smallest absolute Gasteiger partial charge is 0.416 e. The summed E-state index contributed by atoms with van der Waals surface area (Å²) < 4.78 is 126. The van der Waals surface area contributed by atoms with Crippen LogP contribution in [-0.2, 0) is 37.8 Å². The maximum atomic E-state index is 12.9. The number of methoxy groups -OCH3 is 2. The Morgan fingerprint density at radius 1 is 0.557 bits per heavy atom. The lowest BCUT2D eigenvalue weighted by Crippen LogP contribution is -3.00. The zero-order chi connectivity index (χ0) is 70.1. The molecule has 2 amide bonds. The topological polar surface area (TPSA) is 230 Å². The fourth-order valence-corrected chi connectivity index (χ4v) is 11.8. The molecule has 4 heterocycles. The van der Waals surface area contributed by atoms with E-state index in [1.54, 1.807) is 30.6 Å². The number of pyridine rings is 1. The van der Waals surface area contributed by atoms with Gasteiger partial charge in [0.2, 0.25) is 0 Å². The van der Waals surface area contributed by atoms with Gasteiger partial charge < -0.3 is 52.9 Å². The van der Waals surface area contributed by atoms with E-state index in [2.05, 4.69) is 35.9 Å². The molecule has 0 aliphatic rings. The standard InChI is InChI=1S/C20H19ClF3N3O2S.C19H17ClF3N3O2S.C11H14ClNO3.C8H5F3N2S.C5H5N.2ClH/c1-27(2)7-6-11-8-13(21)10-14(17(11)29-3)18(28)26-19-25-15-5-4-12(20(22,23)24)9-16(15)30-19;1-26(2)6-5-10-7-12(20)9-13(16(10)27)17(28)25-18-24-14-4-3-11(19(21,22)23)8-15(14)29-18;1-13-4-3-7-5-8(12)6-9(11(14)15)10(7)16-2;9-8(10,11)4-1-2-5-6(3-4)14-7(12)13-5;1-2-4-6-5-3-1;;/h4-5,8-10H,6-7H2,1-3H3,(H,25,26,28);3-4,7-9,27H,5-6H2,1-2H3,(H,24,25,28);5-6,13H,3-4H2,1-2H3,(H,14,15);1-3H,(H2,12,13);1-5H;2*1H/p-1. The number of ether oxygens (including phenoxy) is 2. The number of thiazole rings is 3. The van der Waals surface area contributed by atoms with E-state index in [1.165, 1.54) is 50.6 Å². The highest BCUT2D eigenvalue weighted by Crippen LogP contribution is 2.39. The van der Waals surface area contributed by atoms with Gasteiger partial charge in [-0.3, -0.25) is 25.2 Å². The number of alkyl halides is 9. The lowest BCUT2D eigenvalue weighted by atomic mass is 10.0. The van der Waals surface area contributed by atoms with E-state index in [0.717, 1.165) is 94.6 Å². The van der Waals surface area contributed by atoms with E-state index in [9.17, 15) is 59.0 Å². The number of aromatic nitrogens is 4. The highest BCUT2D eigenvalue weighted by atomic mass is 35.5. The van der Waals surface area contributed by atoms with Crippen LogP contribution >= 0.6 is 81.2 Å². The minimum atomic E-state index is -4.46. The van der Waals surface area contributed by atoms with Crippen LogP contribution in [-0.4, -0.2) is 127 Å². The summed E-state index contributed by atoms with van der Waals surface area (Å²) in [4.78, 5) is 56.4. The molecule has 4 aromatic heterocycles. The number of phenolic OH excluding ortho intramolecular Hbond substituents is 1. The number of nitrogens with one attached hydrogen (secondary N) is 3. The average Bonchev–Trinajstić information content (AvgIpc) is 1.80. The molecule has 0 saturated heterocycles. The van der Waals surface area contributed by atoms with Crippen molar-refractivity contribution in [1.82, 2.24) is 35.1 Å². The van der Waals surface area contributed by atoms with Crippen molar-refractivity contribution in [3.8, 4) is 17.2 Å². The SMILES string of the molecule is CN(C)CCc1cc(Cl)cc(C(=O)Nc2nc3ccc(C(F)(F)F)cc3s2)c1O.CNCCc1cc(Cl)cc(C(=O)O)c1OC.COc1c(CCN(C)C)cc(Cl)cc1C(=O)Nc1nc2ccc(C(F)(F)F)cc2s1.Cl.Nc1nc2ccc(C(F)(F)F)cc2s1.[Cl-].c1ccncc1. The number of carboxylic acid groups (broad SMARTS) is 1. The second-order valence-corrected chi connectivity index (χ2v) is 25.0. The van der Waals surface area contributed by atoms with Gasteiger partial charge in [-0.1, -0.05) is 74.9 Å². The fraction of sp³-hybridized carbons (Fsp3) is 0.254. The van der Waals surface area contributed by atoms with Crippen molar-refractivity contribution in [2.75, 3.05) is 85.5 Å². The molecule has 0 atom stereocenters. The third kappa shape index (κ3) is 24.1. The number of carbonyl (C=O) groups excluding carboxylic acids is 2. The van der Waals surface area contributed by atoms with Gasteiger partial charge in [-0.15, -0.1) is 12.4 Å². The number of nitrogens with two attached hydrogens (primary N) is 1. The van der Waals surface area contributed by atoms with Crippen LogP contribution in [0.3, 0.4) is 0 Å². The van der Waals surface area contributed by atoms with E-state index in [1.807, 2.05) is 63.2 Å². The van der Waals surface area contributed by atoms with Gasteiger partial charge >= 0.3 is 24.5 Å². The lowest BCUT2D eigenvalue weighted by molar-refractivity contribution is -0.138. The minimum absolute atomic E-state index is 0. The zero-order valence-corrected chi connectivity index (χ0v) is 58.3. The van der Waals surface area contributed by atoms with Crippen LogP contribution in [0, 0.1) is 0 Å². The second kappa shape index (κ2) is 36.9. The molecule has 0 unspecified atom stereocenters. The Morgan fingerprint density at radius 3 is 1.33 bits per heavy atom. The van der Waals surface area contributed by atoms with Gasteiger partial charge in [-0.2, -0.15) is 39.5 Å². The lowest BCUT2D eigenvalue weighted by Gasteiger charge is -2.16. The number of hydrogen-bond donors (Lipinski definition) is 6. The highest BCUT2D eigenvalue weighted by molar-refractivity contribution is 7.23. The van der Waals surface area contributed by atoms with Crippen LogP contribution in [0.25, 0.3) is 30.6 Å². The predicted octanol–water partition coefficient (Wildman–Crippen LogP) is 13.6. The van der Waals surface area contributed by atoms with Gasteiger partial charge in [-0.05, 0) is 181 Å². The molecular weight excluding hydrogens is 1450 g/mol. The molecule has 522 valence electrons. The first kappa shape index (κ1) is 81.9. The van der Waals surface area contributed by atoms with E-state index in [-0.39, 0.29) is 67.3 Å². The summed E-state index contributed by atoms with van der Waals surface area (Å²) in [5.41, 5.74) is 6.75. The van der Waals surface area contributed by atoms with Crippen LogP contribution in [0.5, 0.6) is 17.2 Å². The predicted molar refractivity (Wildman–Crippen MR) is 364 cm³/mol. The van der Waals surface area contributed by atoms with E-state index >= 15 is 0 Å². The molecule has 0 bridgehead atoms. The van der Waals surface area contributed by atoms with Crippen LogP contribution in [0.1, 0.15) is 64.5 Å². The normalized spacial score (nSPS) is 11.2. The van der Waals surface area contributed by atoms with Crippen LogP contribution in [0.15, 0.2) is 122 Å². The number of fused-ring (bicyclic) bond motifs is 3. The number of halogens is 14. The highest BCUT2D eigenvalue weighted by Gasteiger charge is 2.33. The van der Waals surface area contributed by atoms with Crippen LogP contribution in [0.4, 0.5) is 54.9 Å². The van der Waals surface area contributed by atoms with E-state index in [4.69, 9.17) is 55.1 Å².